The Balaban J connectivity index is 1.75. The molecule has 6 nitrogen and oxygen atoms in total. The molecule has 2 aliphatic heterocycles. The van der Waals surface area contributed by atoms with Crippen LogP contribution in [0.2, 0.25) is 0 Å². The number of H-pyrrole nitrogens is 1. The summed E-state index contributed by atoms with van der Waals surface area (Å²) in [6, 6.07) is 0.311. The highest BCUT2D eigenvalue weighted by molar-refractivity contribution is 5.95. The van der Waals surface area contributed by atoms with E-state index in [4.69, 9.17) is 4.74 Å². The molecule has 1 N–H and O–H groups in total. The molecule has 116 valence electrons. The van der Waals surface area contributed by atoms with E-state index in [1.165, 1.54) is 0 Å². The molecule has 0 spiro atoms. The van der Waals surface area contributed by atoms with Crippen molar-refractivity contribution in [3.63, 3.8) is 0 Å². The number of ether oxygens (including phenoxy) is 1. The summed E-state index contributed by atoms with van der Waals surface area (Å²) in [6.07, 6.45) is 2.84. The zero-order valence-electron chi connectivity index (χ0n) is 13.0. The third kappa shape index (κ3) is 2.70. The predicted octanol–water partition coefficient (Wildman–Crippen LogP) is 1.08. The fourth-order valence-electron chi connectivity index (χ4n) is 3.30. The lowest BCUT2D eigenvalue weighted by atomic mass is 9.98. The van der Waals surface area contributed by atoms with Gasteiger partial charge in [0.2, 0.25) is 0 Å². The Labute approximate surface area is 125 Å². The van der Waals surface area contributed by atoms with Crippen LogP contribution in [0.3, 0.4) is 0 Å². The second kappa shape index (κ2) is 5.77. The Morgan fingerprint density at radius 3 is 3.05 bits per heavy atom. The van der Waals surface area contributed by atoms with E-state index in [1.807, 2.05) is 4.90 Å². The molecular formula is C15H24N4O2. The maximum Gasteiger partial charge on any atom is 0.257 e. The summed E-state index contributed by atoms with van der Waals surface area (Å²) >= 11 is 0. The largest absolute Gasteiger partial charge is 0.375 e. The zero-order chi connectivity index (χ0) is 15.0. The predicted molar refractivity (Wildman–Crippen MR) is 79.4 cm³/mol. The molecule has 1 amide bonds. The molecule has 0 aromatic carbocycles. The van der Waals surface area contributed by atoms with Gasteiger partial charge in [0.15, 0.2) is 0 Å². The van der Waals surface area contributed by atoms with Crippen LogP contribution in [-0.4, -0.2) is 71.3 Å². The Morgan fingerprint density at radius 1 is 1.48 bits per heavy atom. The van der Waals surface area contributed by atoms with Crippen molar-refractivity contribution in [2.75, 3.05) is 33.3 Å². The number of nitrogens with zero attached hydrogens (tertiary/aromatic N) is 3. The van der Waals surface area contributed by atoms with Gasteiger partial charge < -0.3 is 9.64 Å². The first-order chi connectivity index (χ1) is 10.1. The number of hydrogen-bond donors (Lipinski definition) is 1. The highest BCUT2D eigenvalue weighted by atomic mass is 16.5. The topological polar surface area (TPSA) is 61.5 Å². The summed E-state index contributed by atoms with van der Waals surface area (Å²) in [5, 5.41) is 7.01. The van der Waals surface area contributed by atoms with E-state index in [-0.39, 0.29) is 17.9 Å². The lowest BCUT2D eigenvalue weighted by Crippen LogP contribution is -2.59. The summed E-state index contributed by atoms with van der Waals surface area (Å²) in [6.45, 7) is 7.37. The van der Waals surface area contributed by atoms with Crippen LogP contribution in [0.4, 0.5) is 0 Å². The first kappa shape index (κ1) is 14.5. The van der Waals surface area contributed by atoms with E-state index in [1.54, 1.807) is 6.20 Å². The van der Waals surface area contributed by atoms with Gasteiger partial charge in [0.1, 0.15) is 0 Å². The molecule has 2 aliphatic rings. The quantitative estimate of drug-likeness (QED) is 0.886. The molecule has 2 saturated heterocycles. The minimum absolute atomic E-state index is 0.0878. The summed E-state index contributed by atoms with van der Waals surface area (Å²) in [7, 11) is 2.12. The average molecular weight is 292 g/mol. The Hall–Kier alpha value is -1.40. The number of piperidine rings is 1. The fraction of sp³-hybridized carbons (Fsp3) is 0.733. The lowest BCUT2D eigenvalue weighted by molar-refractivity contribution is -0.0893. The van der Waals surface area contributed by atoms with Crippen LogP contribution in [0.25, 0.3) is 0 Å². The van der Waals surface area contributed by atoms with Gasteiger partial charge in [-0.1, -0.05) is 13.8 Å². The van der Waals surface area contributed by atoms with Crippen molar-refractivity contribution in [1.82, 2.24) is 20.0 Å². The zero-order valence-corrected chi connectivity index (χ0v) is 13.0. The van der Waals surface area contributed by atoms with Gasteiger partial charge in [-0.2, -0.15) is 5.10 Å². The van der Waals surface area contributed by atoms with Crippen LogP contribution in [0.1, 0.15) is 42.2 Å². The van der Waals surface area contributed by atoms with E-state index >= 15 is 0 Å². The molecule has 3 rings (SSSR count). The number of carbonyl (C=O) groups is 1. The lowest BCUT2D eigenvalue weighted by Gasteiger charge is -2.45. The summed E-state index contributed by atoms with van der Waals surface area (Å²) in [5.74, 6) is 0.356. The van der Waals surface area contributed by atoms with Crippen LogP contribution >= 0.6 is 0 Å². The Bertz CT molecular complexity index is 514. The molecule has 0 unspecified atom stereocenters. The number of likely N-dealkylation sites (N-methyl/N-ethyl adjacent to an activating group) is 1. The number of fused-ring (bicyclic) bond motifs is 1. The molecule has 21 heavy (non-hydrogen) atoms. The van der Waals surface area contributed by atoms with Crippen LogP contribution in [0, 0.1) is 0 Å². The molecule has 2 atom stereocenters. The van der Waals surface area contributed by atoms with Gasteiger partial charge in [0.05, 0.1) is 36.2 Å². The molecule has 0 radical (unpaired) electrons. The number of rotatable bonds is 2. The number of hydrogen-bond acceptors (Lipinski definition) is 4. The highest BCUT2D eigenvalue weighted by Crippen LogP contribution is 2.24. The normalized spacial score (nSPS) is 27.0. The maximum absolute atomic E-state index is 12.8. The van der Waals surface area contributed by atoms with Gasteiger partial charge in [-0.25, -0.2) is 0 Å². The standard InChI is InChI=1S/C15H24N4O2/c1-10(2)14-11(8-16-17-14)15(20)19-5-4-13-12(9-19)18(3)6-7-21-13/h8,10,12-13H,4-7,9H2,1-3H3,(H,16,17)/t12-,13+/m1/s1. The number of aromatic amines is 1. The second-order valence-electron chi connectivity index (χ2n) is 6.35. The first-order valence-corrected chi connectivity index (χ1v) is 7.72. The first-order valence-electron chi connectivity index (χ1n) is 7.72. The molecule has 6 heteroatoms. The summed E-state index contributed by atoms with van der Waals surface area (Å²) < 4.78 is 5.83. The molecule has 1 aromatic rings. The number of likely N-dealkylation sites (tertiary alicyclic amines) is 1. The molecular weight excluding hydrogens is 268 g/mol. The van der Waals surface area contributed by atoms with Crippen LogP contribution in [-0.2, 0) is 4.74 Å². The van der Waals surface area contributed by atoms with Crippen LogP contribution < -0.4 is 0 Å². The van der Waals surface area contributed by atoms with Crippen LogP contribution in [0.15, 0.2) is 6.20 Å². The van der Waals surface area contributed by atoms with E-state index < -0.39 is 0 Å². The smallest absolute Gasteiger partial charge is 0.257 e. The summed E-state index contributed by atoms with van der Waals surface area (Å²) in [5.41, 5.74) is 1.64. The van der Waals surface area contributed by atoms with Crippen molar-refractivity contribution in [3.8, 4) is 0 Å². The number of carbonyl (C=O) groups excluding carboxylic acids is 1. The minimum atomic E-state index is 0.0878. The van der Waals surface area contributed by atoms with Crippen molar-refractivity contribution in [2.45, 2.75) is 38.3 Å². The van der Waals surface area contributed by atoms with E-state index in [2.05, 4.69) is 36.0 Å². The van der Waals surface area contributed by atoms with Gasteiger partial charge >= 0.3 is 0 Å². The molecule has 0 saturated carbocycles. The monoisotopic (exact) mass is 292 g/mol. The number of amides is 1. The molecule has 2 fully saturated rings. The Morgan fingerprint density at radius 2 is 2.29 bits per heavy atom. The van der Waals surface area contributed by atoms with E-state index in [0.29, 0.717) is 11.6 Å². The average Bonchev–Trinajstić information content (AvgIpc) is 2.96. The SMILES string of the molecule is CC(C)c1[nH]ncc1C(=O)N1CC[C@@H]2OCCN(C)[C@@H]2C1. The highest BCUT2D eigenvalue weighted by Gasteiger charge is 2.37. The second-order valence-corrected chi connectivity index (χ2v) is 6.35. The fourth-order valence-corrected chi connectivity index (χ4v) is 3.30. The van der Waals surface area contributed by atoms with Gasteiger partial charge in [0, 0.05) is 19.6 Å². The molecule has 0 bridgehead atoms. The van der Waals surface area contributed by atoms with Crippen molar-refractivity contribution in [3.05, 3.63) is 17.5 Å². The van der Waals surface area contributed by atoms with Gasteiger partial charge in [-0.05, 0) is 19.4 Å². The Kier molecular flexibility index (Phi) is 3.99. The van der Waals surface area contributed by atoms with Crippen molar-refractivity contribution in [2.24, 2.45) is 0 Å². The maximum atomic E-state index is 12.8. The van der Waals surface area contributed by atoms with Crippen molar-refractivity contribution >= 4 is 5.91 Å². The third-order valence-corrected chi connectivity index (χ3v) is 4.63. The molecule has 3 heterocycles. The van der Waals surface area contributed by atoms with Crippen molar-refractivity contribution in [1.29, 1.82) is 0 Å². The van der Waals surface area contributed by atoms with E-state index in [0.717, 1.165) is 38.4 Å². The number of aromatic nitrogens is 2. The van der Waals surface area contributed by atoms with Crippen LogP contribution in [0.5, 0.6) is 0 Å². The number of morpholine rings is 1. The molecule has 0 aliphatic carbocycles. The van der Waals surface area contributed by atoms with Crippen molar-refractivity contribution < 1.29 is 9.53 Å². The number of nitrogens with one attached hydrogen (secondary N) is 1. The van der Waals surface area contributed by atoms with Gasteiger partial charge in [0.25, 0.3) is 5.91 Å². The van der Waals surface area contributed by atoms with Gasteiger partial charge in [-0.3, -0.25) is 14.8 Å². The van der Waals surface area contributed by atoms with Gasteiger partial charge in [-0.15, -0.1) is 0 Å². The third-order valence-electron chi connectivity index (χ3n) is 4.63. The minimum Gasteiger partial charge on any atom is -0.375 e. The molecule has 1 aromatic heterocycles. The van der Waals surface area contributed by atoms with E-state index in [9.17, 15) is 4.79 Å². The summed E-state index contributed by atoms with van der Waals surface area (Å²) in [4.78, 5) is 17.0.